The molecule has 25 heavy (non-hydrogen) atoms. The lowest BCUT2D eigenvalue weighted by molar-refractivity contribution is 0.627. The molecule has 1 N–H and O–H groups in total. The molecular weight excluding hydrogens is 343 g/mol. The van der Waals surface area contributed by atoms with Crippen LogP contribution < -0.4 is 5.43 Å². The minimum Gasteiger partial charge on any atom is -0.245 e. The first-order valence-electron chi connectivity index (χ1n) is 7.56. The van der Waals surface area contributed by atoms with E-state index in [9.17, 15) is 4.39 Å². The number of nitrogens with one attached hydrogen (secondary N) is 1. The van der Waals surface area contributed by atoms with Gasteiger partial charge >= 0.3 is 0 Å². The molecule has 3 rings (SSSR count). The zero-order valence-electron chi connectivity index (χ0n) is 14.0. The fraction of sp³-hybridized carbons (Fsp3) is 0.176. The zero-order chi connectivity index (χ0) is 18.0. The standard InChI is InChI=1S/C17H16ClFN6/c1-10-8-11(2)22-17(21-10)23-20-9-15-12(3)24-25(16(15)18)14-6-4-13(19)5-7-14/h4-9H,1-3H3,(H,21,22,23)/b20-9+. The first-order chi connectivity index (χ1) is 11.9. The van der Waals surface area contributed by atoms with E-state index >= 15 is 0 Å². The van der Waals surface area contributed by atoms with E-state index in [-0.39, 0.29) is 5.82 Å². The van der Waals surface area contributed by atoms with Crippen LogP contribution in [-0.2, 0) is 0 Å². The molecule has 0 aliphatic carbocycles. The topological polar surface area (TPSA) is 68.0 Å². The minimum atomic E-state index is -0.316. The summed E-state index contributed by atoms with van der Waals surface area (Å²) in [5.74, 6) is 0.0941. The molecule has 0 unspecified atom stereocenters. The highest BCUT2D eigenvalue weighted by molar-refractivity contribution is 6.32. The summed E-state index contributed by atoms with van der Waals surface area (Å²) in [6.45, 7) is 5.59. The van der Waals surface area contributed by atoms with E-state index in [1.165, 1.54) is 16.8 Å². The summed E-state index contributed by atoms with van der Waals surface area (Å²) in [5.41, 5.74) is 6.51. The van der Waals surface area contributed by atoms with Crippen molar-refractivity contribution in [2.75, 3.05) is 5.43 Å². The molecule has 0 saturated carbocycles. The highest BCUT2D eigenvalue weighted by Crippen LogP contribution is 2.22. The molecule has 1 aromatic carbocycles. The Morgan fingerprint density at radius 2 is 1.76 bits per heavy atom. The smallest absolute Gasteiger partial charge is 0.243 e. The summed E-state index contributed by atoms with van der Waals surface area (Å²) in [6.07, 6.45) is 1.56. The summed E-state index contributed by atoms with van der Waals surface area (Å²) in [7, 11) is 0. The van der Waals surface area contributed by atoms with Crippen LogP contribution in [0.15, 0.2) is 35.4 Å². The van der Waals surface area contributed by atoms with Gasteiger partial charge in [0.15, 0.2) is 0 Å². The van der Waals surface area contributed by atoms with Crippen molar-refractivity contribution in [2.24, 2.45) is 5.10 Å². The number of anilines is 1. The van der Waals surface area contributed by atoms with Crippen molar-refractivity contribution in [3.63, 3.8) is 0 Å². The average Bonchev–Trinajstić information content (AvgIpc) is 2.83. The number of hydrazone groups is 1. The van der Waals surface area contributed by atoms with Crippen molar-refractivity contribution in [3.8, 4) is 5.69 Å². The maximum Gasteiger partial charge on any atom is 0.243 e. The third-order valence-corrected chi connectivity index (χ3v) is 3.82. The molecule has 0 amide bonds. The van der Waals surface area contributed by atoms with Gasteiger partial charge in [-0.15, -0.1) is 0 Å². The predicted molar refractivity (Wildman–Crippen MR) is 96.0 cm³/mol. The van der Waals surface area contributed by atoms with E-state index in [0.29, 0.717) is 28.0 Å². The second-order valence-electron chi connectivity index (χ2n) is 5.52. The number of aromatic nitrogens is 4. The van der Waals surface area contributed by atoms with Crippen molar-refractivity contribution < 1.29 is 4.39 Å². The van der Waals surface area contributed by atoms with E-state index in [4.69, 9.17) is 11.6 Å². The molecule has 0 spiro atoms. The molecule has 0 aliphatic rings. The van der Waals surface area contributed by atoms with Crippen LogP contribution >= 0.6 is 11.6 Å². The molecular formula is C17H16ClFN6. The molecule has 0 radical (unpaired) electrons. The summed E-state index contributed by atoms with van der Waals surface area (Å²) >= 11 is 6.39. The number of rotatable bonds is 4. The normalized spacial score (nSPS) is 11.2. The maximum atomic E-state index is 13.1. The van der Waals surface area contributed by atoms with Crippen LogP contribution in [0.3, 0.4) is 0 Å². The average molecular weight is 359 g/mol. The van der Waals surface area contributed by atoms with Crippen LogP contribution in [0.4, 0.5) is 10.3 Å². The lowest BCUT2D eigenvalue weighted by atomic mass is 10.3. The Balaban J connectivity index is 1.84. The van der Waals surface area contributed by atoms with Gasteiger partial charge < -0.3 is 0 Å². The Morgan fingerprint density at radius 1 is 1.12 bits per heavy atom. The first kappa shape index (κ1) is 17.0. The first-order valence-corrected chi connectivity index (χ1v) is 7.94. The van der Waals surface area contributed by atoms with Gasteiger partial charge in [0, 0.05) is 11.4 Å². The quantitative estimate of drug-likeness (QED) is 0.568. The van der Waals surface area contributed by atoms with Gasteiger partial charge in [-0.05, 0) is 51.1 Å². The number of hydrogen-bond donors (Lipinski definition) is 1. The lowest BCUT2D eigenvalue weighted by Crippen LogP contribution is -2.00. The van der Waals surface area contributed by atoms with Crippen molar-refractivity contribution in [3.05, 3.63) is 63.9 Å². The SMILES string of the molecule is Cc1cc(C)nc(N/N=C/c2c(C)nn(-c3ccc(F)cc3)c2Cl)n1. The third kappa shape index (κ3) is 3.83. The summed E-state index contributed by atoms with van der Waals surface area (Å²) < 4.78 is 14.6. The van der Waals surface area contributed by atoms with E-state index in [1.54, 1.807) is 18.3 Å². The van der Waals surface area contributed by atoms with E-state index in [2.05, 4.69) is 25.6 Å². The van der Waals surface area contributed by atoms with Gasteiger partial charge in [-0.3, -0.25) is 0 Å². The Bertz CT molecular complexity index is 913. The molecule has 6 nitrogen and oxygen atoms in total. The molecule has 2 heterocycles. The fourth-order valence-electron chi connectivity index (χ4n) is 2.34. The summed E-state index contributed by atoms with van der Waals surface area (Å²) in [6, 6.07) is 7.81. The molecule has 2 aromatic heterocycles. The summed E-state index contributed by atoms with van der Waals surface area (Å²) in [4.78, 5) is 8.49. The molecule has 0 aliphatic heterocycles. The number of benzene rings is 1. The van der Waals surface area contributed by atoms with Crippen LogP contribution in [0.1, 0.15) is 22.6 Å². The largest absolute Gasteiger partial charge is 0.245 e. The van der Waals surface area contributed by atoms with Crippen LogP contribution in [-0.4, -0.2) is 26.0 Å². The minimum absolute atomic E-state index is 0.316. The molecule has 8 heteroatoms. The van der Waals surface area contributed by atoms with Crippen LogP contribution in [0.5, 0.6) is 0 Å². The van der Waals surface area contributed by atoms with E-state index in [0.717, 1.165) is 11.4 Å². The molecule has 0 bridgehead atoms. The number of halogens is 2. The molecule has 0 saturated heterocycles. The predicted octanol–water partition coefficient (Wildman–Crippen LogP) is 3.83. The van der Waals surface area contributed by atoms with Gasteiger partial charge in [-0.1, -0.05) is 11.6 Å². The fourth-order valence-corrected chi connectivity index (χ4v) is 2.66. The van der Waals surface area contributed by atoms with Gasteiger partial charge in [0.1, 0.15) is 11.0 Å². The zero-order valence-corrected chi connectivity index (χ0v) is 14.7. The van der Waals surface area contributed by atoms with Gasteiger partial charge in [-0.25, -0.2) is 24.5 Å². The second-order valence-corrected chi connectivity index (χ2v) is 5.88. The molecule has 0 fully saturated rings. The second kappa shape index (κ2) is 6.98. The summed E-state index contributed by atoms with van der Waals surface area (Å²) in [5, 5.41) is 8.90. The van der Waals surface area contributed by atoms with Gasteiger partial charge in [-0.2, -0.15) is 10.2 Å². The Labute approximate surface area is 149 Å². The van der Waals surface area contributed by atoms with E-state index in [1.807, 2.05) is 26.8 Å². The van der Waals surface area contributed by atoms with Crippen molar-refractivity contribution in [2.45, 2.75) is 20.8 Å². The number of aryl methyl sites for hydroxylation is 3. The molecule has 3 aromatic rings. The van der Waals surface area contributed by atoms with Gasteiger partial charge in [0.25, 0.3) is 0 Å². The van der Waals surface area contributed by atoms with E-state index < -0.39 is 0 Å². The highest BCUT2D eigenvalue weighted by Gasteiger charge is 2.13. The maximum absolute atomic E-state index is 13.1. The third-order valence-electron chi connectivity index (χ3n) is 3.46. The van der Waals surface area contributed by atoms with Crippen LogP contribution in [0, 0.1) is 26.6 Å². The molecule has 128 valence electrons. The molecule has 0 atom stereocenters. The lowest BCUT2D eigenvalue weighted by Gasteiger charge is -2.03. The van der Waals surface area contributed by atoms with Crippen LogP contribution in [0.25, 0.3) is 5.69 Å². The highest BCUT2D eigenvalue weighted by atomic mass is 35.5. The number of hydrogen-bond acceptors (Lipinski definition) is 5. The Morgan fingerprint density at radius 3 is 2.40 bits per heavy atom. The van der Waals surface area contributed by atoms with Gasteiger partial charge in [0.2, 0.25) is 5.95 Å². The number of nitrogens with zero attached hydrogens (tertiary/aromatic N) is 5. The monoisotopic (exact) mass is 358 g/mol. The Kier molecular flexibility index (Phi) is 4.76. The van der Waals surface area contributed by atoms with Crippen molar-refractivity contribution >= 4 is 23.8 Å². The van der Waals surface area contributed by atoms with Crippen LogP contribution in [0.2, 0.25) is 5.15 Å². The van der Waals surface area contributed by atoms with Crippen molar-refractivity contribution in [1.29, 1.82) is 0 Å². The van der Waals surface area contributed by atoms with Crippen molar-refractivity contribution in [1.82, 2.24) is 19.7 Å². The Hall–Kier alpha value is -2.80. The van der Waals surface area contributed by atoms with Gasteiger partial charge in [0.05, 0.1) is 23.2 Å².